The summed E-state index contributed by atoms with van der Waals surface area (Å²) in [6.45, 7) is 1.18. The molecule has 3 heterocycles. The number of urea groups is 1. The number of benzene rings is 1. The van der Waals surface area contributed by atoms with E-state index in [9.17, 15) is 19.5 Å². The van der Waals surface area contributed by atoms with E-state index in [4.69, 9.17) is 0 Å². The number of imidazole rings is 1. The van der Waals surface area contributed by atoms with Crippen LogP contribution >= 0.6 is 0 Å². The number of amides is 4. The molecule has 2 aromatic rings. The summed E-state index contributed by atoms with van der Waals surface area (Å²) < 4.78 is 0. The van der Waals surface area contributed by atoms with Gasteiger partial charge in [-0.05, 0) is 24.8 Å². The molecule has 0 aliphatic carbocycles. The molecule has 30 heavy (non-hydrogen) atoms. The molecule has 2 N–H and O–H groups in total. The van der Waals surface area contributed by atoms with E-state index in [1.165, 1.54) is 17.4 Å². The van der Waals surface area contributed by atoms with Gasteiger partial charge in [0.1, 0.15) is 11.2 Å². The summed E-state index contributed by atoms with van der Waals surface area (Å²) in [5.41, 5.74) is 0.385. The van der Waals surface area contributed by atoms with Gasteiger partial charge in [-0.3, -0.25) is 14.5 Å². The fourth-order valence-corrected chi connectivity index (χ4v) is 4.30. The highest BCUT2D eigenvalue weighted by Crippen LogP contribution is 2.38. The molecule has 2 saturated heterocycles. The van der Waals surface area contributed by atoms with Gasteiger partial charge in [-0.25, -0.2) is 9.78 Å². The standard InChI is InChI=1S/C21H25N5O4/c27-12-4-9-25-19(29)21(26(20(25)30)14-16-5-2-1-3-6-16)7-10-24(11-8-21)18(28)17-13-22-15-23-17/h1-3,5-6,13,15,27H,4,7-12,14H2,(H,22,23). The molecule has 0 atom stereocenters. The highest BCUT2D eigenvalue weighted by Gasteiger charge is 2.57. The summed E-state index contributed by atoms with van der Waals surface area (Å²) in [5.74, 6) is -0.392. The van der Waals surface area contributed by atoms with Crippen LogP contribution in [0.15, 0.2) is 42.9 Å². The second-order valence-electron chi connectivity index (χ2n) is 7.68. The number of piperidine rings is 1. The van der Waals surface area contributed by atoms with Gasteiger partial charge in [-0.2, -0.15) is 0 Å². The summed E-state index contributed by atoms with van der Waals surface area (Å²) in [5, 5.41) is 9.17. The Morgan fingerprint density at radius 1 is 1.17 bits per heavy atom. The molecule has 9 nitrogen and oxygen atoms in total. The van der Waals surface area contributed by atoms with Crippen LogP contribution in [0.5, 0.6) is 0 Å². The van der Waals surface area contributed by atoms with Gasteiger partial charge >= 0.3 is 6.03 Å². The predicted octanol–water partition coefficient (Wildman–Crippen LogP) is 1.23. The van der Waals surface area contributed by atoms with E-state index >= 15 is 0 Å². The lowest BCUT2D eigenvalue weighted by Gasteiger charge is -2.42. The summed E-state index contributed by atoms with van der Waals surface area (Å²) in [6.07, 6.45) is 4.03. The molecular weight excluding hydrogens is 386 g/mol. The van der Waals surface area contributed by atoms with Crippen molar-refractivity contribution in [1.82, 2.24) is 24.7 Å². The summed E-state index contributed by atoms with van der Waals surface area (Å²) in [4.78, 5) is 50.5. The smallest absolute Gasteiger partial charge is 0.327 e. The Morgan fingerprint density at radius 3 is 2.53 bits per heavy atom. The van der Waals surface area contributed by atoms with Crippen LogP contribution in [-0.2, 0) is 11.3 Å². The van der Waals surface area contributed by atoms with Gasteiger partial charge in [0.05, 0.1) is 12.5 Å². The van der Waals surface area contributed by atoms with Crippen molar-refractivity contribution in [3.63, 3.8) is 0 Å². The second-order valence-corrected chi connectivity index (χ2v) is 7.68. The predicted molar refractivity (Wildman–Crippen MR) is 107 cm³/mol. The first-order valence-corrected chi connectivity index (χ1v) is 10.1. The molecule has 4 amide bonds. The molecule has 2 fully saturated rings. The Kier molecular flexibility index (Phi) is 5.54. The maximum atomic E-state index is 13.4. The molecule has 1 aromatic carbocycles. The van der Waals surface area contributed by atoms with Crippen LogP contribution in [0.4, 0.5) is 4.79 Å². The number of imide groups is 1. The number of carbonyl (C=O) groups excluding carboxylic acids is 3. The summed E-state index contributed by atoms with van der Waals surface area (Å²) in [7, 11) is 0. The fourth-order valence-electron chi connectivity index (χ4n) is 4.30. The van der Waals surface area contributed by atoms with Crippen LogP contribution < -0.4 is 0 Å². The van der Waals surface area contributed by atoms with E-state index in [1.807, 2.05) is 30.3 Å². The van der Waals surface area contributed by atoms with Crippen molar-refractivity contribution >= 4 is 17.8 Å². The van der Waals surface area contributed by atoms with Crippen molar-refractivity contribution in [3.8, 4) is 0 Å². The molecule has 0 bridgehead atoms. The summed E-state index contributed by atoms with van der Waals surface area (Å²) >= 11 is 0. The number of H-pyrrole nitrogens is 1. The Hall–Kier alpha value is -3.20. The molecule has 0 radical (unpaired) electrons. The maximum absolute atomic E-state index is 13.4. The van der Waals surface area contributed by atoms with Crippen molar-refractivity contribution in [2.75, 3.05) is 26.2 Å². The van der Waals surface area contributed by atoms with Gasteiger partial charge in [0.15, 0.2) is 0 Å². The van der Waals surface area contributed by atoms with Crippen LogP contribution in [0, 0.1) is 0 Å². The number of aromatic amines is 1. The van der Waals surface area contributed by atoms with E-state index in [-0.39, 0.29) is 31.0 Å². The molecule has 4 rings (SSSR count). The zero-order valence-electron chi connectivity index (χ0n) is 16.7. The lowest BCUT2D eigenvalue weighted by molar-refractivity contribution is -0.135. The van der Waals surface area contributed by atoms with Gasteiger partial charge in [0.25, 0.3) is 11.8 Å². The average Bonchev–Trinajstić information content (AvgIpc) is 3.37. The van der Waals surface area contributed by atoms with Gasteiger partial charge < -0.3 is 19.9 Å². The third kappa shape index (κ3) is 3.45. The number of rotatable bonds is 6. The topological polar surface area (TPSA) is 110 Å². The van der Waals surface area contributed by atoms with E-state index in [0.717, 1.165) is 5.56 Å². The van der Waals surface area contributed by atoms with E-state index in [0.29, 0.717) is 44.6 Å². The fraction of sp³-hybridized carbons (Fsp3) is 0.429. The van der Waals surface area contributed by atoms with Gasteiger partial charge in [0.2, 0.25) is 0 Å². The van der Waals surface area contributed by atoms with Crippen molar-refractivity contribution in [2.45, 2.75) is 31.3 Å². The molecular formula is C21H25N5O4. The molecule has 0 saturated carbocycles. The van der Waals surface area contributed by atoms with Crippen molar-refractivity contribution in [1.29, 1.82) is 0 Å². The lowest BCUT2D eigenvalue weighted by Crippen LogP contribution is -2.57. The third-order valence-corrected chi connectivity index (χ3v) is 5.95. The van der Waals surface area contributed by atoms with Crippen molar-refractivity contribution in [3.05, 3.63) is 54.1 Å². The number of aliphatic hydroxyl groups excluding tert-OH is 1. The Morgan fingerprint density at radius 2 is 1.90 bits per heavy atom. The van der Waals surface area contributed by atoms with Crippen LogP contribution in [0.1, 0.15) is 35.3 Å². The molecule has 2 aliphatic heterocycles. The van der Waals surface area contributed by atoms with Crippen molar-refractivity contribution < 1.29 is 19.5 Å². The van der Waals surface area contributed by atoms with E-state index < -0.39 is 5.54 Å². The Balaban J connectivity index is 1.57. The summed E-state index contributed by atoms with van der Waals surface area (Å²) in [6, 6.07) is 9.24. The number of nitrogens with one attached hydrogen (secondary N) is 1. The quantitative estimate of drug-likeness (QED) is 0.695. The lowest BCUT2D eigenvalue weighted by atomic mass is 9.85. The minimum atomic E-state index is -0.965. The number of carbonyl (C=O) groups is 3. The number of aliphatic hydroxyl groups is 1. The second kappa shape index (κ2) is 8.27. The largest absolute Gasteiger partial charge is 0.396 e. The monoisotopic (exact) mass is 411 g/mol. The van der Waals surface area contributed by atoms with Crippen molar-refractivity contribution in [2.24, 2.45) is 0 Å². The number of hydrogen-bond donors (Lipinski definition) is 2. The molecule has 0 unspecified atom stereocenters. The van der Waals surface area contributed by atoms with Gasteiger partial charge in [0, 0.05) is 32.8 Å². The molecule has 1 aromatic heterocycles. The van der Waals surface area contributed by atoms with E-state index in [2.05, 4.69) is 9.97 Å². The van der Waals surface area contributed by atoms with Crippen LogP contribution in [0.2, 0.25) is 0 Å². The molecule has 2 aliphatic rings. The van der Waals surface area contributed by atoms with Crippen LogP contribution in [-0.4, -0.2) is 79.4 Å². The Labute approximate surface area is 174 Å². The Bertz CT molecular complexity index is 907. The maximum Gasteiger partial charge on any atom is 0.327 e. The van der Waals surface area contributed by atoms with E-state index in [1.54, 1.807) is 9.80 Å². The zero-order chi connectivity index (χ0) is 21.1. The number of likely N-dealkylation sites (tertiary alicyclic amines) is 1. The number of aromatic nitrogens is 2. The average molecular weight is 411 g/mol. The molecule has 1 spiro atoms. The minimum Gasteiger partial charge on any atom is -0.396 e. The van der Waals surface area contributed by atoms with Crippen LogP contribution in [0.25, 0.3) is 0 Å². The molecule has 9 heteroatoms. The van der Waals surface area contributed by atoms with Crippen LogP contribution in [0.3, 0.4) is 0 Å². The third-order valence-electron chi connectivity index (χ3n) is 5.95. The zero-order valence-corrected chi connectivity index (χ0v) is 16.7. The first-order valence-electron chi connectivity index (χ1n) is 10.1. The molecule has 158 valence electrons. The highest BCUT2D eigenvalue weighted by atomic mass is 16.3. The minimum absolute atomic E-state index is 0.0881. The highest BCUT2D eigenvalue weighted by molar-refractivity contribution is 6.07. The number of hydrogen-bond acceptors (Lipinski definition) is 5. The van der Waals surface area contributed by atoms with Gasteiger partial charge in [-0.1, -0.05) is 30.3 Å². The first kappa shape index (κ1) is 20.1. The van der Waals surface area contributed by atoms with Gasteiger partial charge in [-0.15, -0.1) is 0 Å². The normalized spacial score (nSPS) is 18.5. The SMILES string of the molecule is O=C(c1cnc[nH]1)N1CCC2(CC1)C(=O)N(CCCO)C(=O)N2Cc1ccccc1. The number of nitrogens with zero attached hydrogens (tertiary/aromatic N) is 4. The first-order chi connectivity index (χ1) is 14.6.